The number of furan rings is 1. The van der Waals surface area contributed by atoms with E-state index in [1.807, 2.05) is 0 Å². The minimum atomic E-state index is -0.155. The number of nitrogens with one attached hydrogen (secondary N) is 1. The number of rotatable bonds is 4. The number of para-hydroxylation sites is 1. The summed E-state index contributed by atoms with van der Waals surface area (Å²) < 4.78 is 5.13. The second-order valence-electron chi connectivity index (χ2n) is 5.60. The van der Waals surface area contributed by atoms with Gasteiger partial charge in [0.1, 0.15) is 0 Å². The molecule has 1 N–H and O–H groups in total. The molecule has 0 atom stereocenters. The van der Waals surface area contributed by atoms with Crippen molar-refractivity contribution < 1.29 is 14.0 Å². The second kappa shape index (κ2) is 7.80. The number of hydrogen-bond donors (Lipinski definition) is 1. The number of anilines is 1. The van der Waals surface area contributed by atoms with Gasteiger partial charge in [-0.05, 0) is 24.3 Å². The fraction of sp³-hybridized carbons (Fsp3) is 0.294. The largest absolute Gasteiger partial charge is 0.459 e. The summed E-state index contributed by atoms with van der Waals surface area (Å²) in [6.45, 7) is 1.98. The molecule has 132 valence electrons. The van der Waals surface area contributed by atoms with Crippen molar-refractivity contribution in [2.24, 2.45) is 0 Å². The lowest BCUT2D eigenvalue weighted by atomic mass is 10.2. The Labute approximate surface area is 155 Å². The van der Waals surface area contributed by atoms with Crippen LogP contribution in [0.25, 0.3) is 0 Å². The van der Waals surface area contributed by atoms with E-state index in [9.17, 15) is 9.59 Å². The van der Waals surface area contributed by atoms with Crippen molar-refractivity contribution in [2.45, 2.75) is 0 Å². The van der Waals surface area contributed by atoms with Gasteiger partial charge in [0.25, 0.3) is 5.91 Å². The highest BCUT2D eigenvalue weighted by molar-refractivity contribution is 6.39. The van der Waals surface area contributed by atoms with E-state index in [1.165, 1.54) is 6.26 Å². The van der Waals surface area contributed by atoms with E-state index < -0.39 is 0 Å². The normalized spacial score (nSPS) is 14.5. The molecule has 1 aromatic heterocycles. The highest BCUT2D eigenvalue weighted by Crippen LogP contribution is 2.29. The van der Waals surface area contributed by atoms with Crippen LogP contribution in [0.4, 0.5) is 5.69 Å². The number of halogens is 2. The van der Waals surface area contributed by atoms with Crippen molar-refractivity contribution in [2.75, 3.05) is 38.0 Å². The molecule has 0 aliphatic carbocycles. The molecule has 0 bridgehead atoms. The van der Waals surface area contributed by atoms with Gasteiger partial charge in [-0.2, -0.15) is 0 Å². The van der Waals surface area contributed by atoms with Crippen molar-refractivity contribution in [3.63, 3.8) is 0 Å². The van der Waals surface area contributed by atoms with E-state index in [-0.39, 0.29) is 18.4 Å². The third kappa shape index (κ3) is 4.08. The van der Waals surface area contributed by atoms with Gasteiger partial charge in [0.2, 0.25) is 5.91 Å². The molecule has 25 heavy (non-hydrogen) atoms. The maximum atomic E-state index is 12.4. The van der Waals surface area contributed by atoms with E-state index in [0.717, 1.165) is 0 Å². The molecule has 1 saturated heterocycles. The standard InChI is InChI=1S/C17H17Cl2N3O3/c18-12-3-1-4-13(19)16(12)20-11-15(23)21-6-8-22(9-7-21)17(24)14-5-2-10-25-14/h1-5,10,20H,6-9,11H2. The minimum Gasteiger partial charge on any atom is -0.459 e. The molecule has 0 spiro atoms. The SMILES string of the molecule is O=C(CNc1c(Cl)cccc1Cl)N1CCN(C(=O)c2ccco2)CC1. The lowest BCUT2D eigenvalue weighted by Gasteiger charge is -2.34. The van der Waals surface area contributed by atoms with E-state index in [1.54, 1.807) is 40.1 Å². The van der Waals surface area contributed by atoms with Crippen molar-refractivity contribution in [1.82, 2.24) is 9.80 Å². The molecule has 0 saturated carbocycles. The molecule has 2 heterocycles. The molecular formula is C17H17Cl2N3O3. The summed E-state index contributed by atoms with van der Waals surface area (Å²) in [6.07, 6.45) is 1.47. The maximum Gasteiger partial charge on any atom is 0.289 e. The van der Waals surface area contributed by atoms with Crippen LogP contribution in [0, 0.1) is 0 Å². The molecule has 2 aromatic rings. The zero-order valence-corrected chi connectivity index (χ0v) is 14.9. The van der Waals surface area contributed by atoms with E-state index in [0.29, 0.717) is 47.7 Å². The van der Waals surface area contributed by atoms with Crippen LogP contribution in [0.15, 0.2) is 41.0 Å². The Morgan fingerprint density at radius 3 is 2.24 bits per heavy atom. The number of carbonyl (C=O) groups excluding carboxylic acids is 2. The Morgan fingerprint density at radius 1 is 1.00 bits per heavy atom. The van der Waals surface area contributed by atoms with Crippen molar-refractivity contribution in [3.05, 3.63) is 52.4 Å². The average molecular weight is 382 g/mol. The third-order valence-corrected chi connectivity index (χ3v) is 4.66. The van der Waals surface area contributed by atoms with Crippen LogP contribution in [-0.2, 0) is 4.79 Å². The van der Waals surface area contributed by atoms with Gasteiger partial charge in [-0.25, -0.2) is 0 Å². The van der Waals surface area contributed by atoms with Gasteiger partial charge in [-0.1, -0.05) is 29.3 Å². The molecule has 1 aliphatic rings. The van der Waals surface area contributed by atoms with Gasteiger partial charge in [0.05, 0.1) is 28.5 Å². The summed E-state index contributed by atoms with van der Waals surface area (Å²) in [5.74, 6) is 0.0916. The molecule has 3 rings (SSSR count). The van der Waals surface area contributed by atoms with Gasteiger partial charge in [0.15, 0.2) is 5.76 Å². The van der Waals surface area contributed by atoms with Crippen molar-refractivity contribution in [3.8, 4) is 0 Å². The smallest absolute Gasteiger partial charge is 0.289 e. The van der Waals surface area contributed by atoms with E-state index in [2.05, 4.69) is 5.32 Å². The quantitative estimate of drug-likeness (QED) is 0.883. The first-order valence-electron chi connectivity index (χ1n) is 7.84. The Hall–Kier alpha value is -2.18. The lowest BCUT2D eigenvalue weighted by molar-refractivity contribution is -0.130. The number of hydrogen-bond acceptors (Lipinski definition) is 4. The maximum absolute atomic E-state index is 12.4. The molecule has 2 amide bonds. The number of nitrogens with zero attached hydrogens (tertiary/aromatic N) is 2. The summed E-state index contributed by atoms with van der Waals surface area (Å²) in [7, 11) is 0. The fourth-order valence-corrected chi connectivity index (χ4v) is 3.19. The van der Waals surface area contributed by atoms with E-state index in [4.69, 9.17) is 27.6 Å². The third-order valence-electron chi connectivity index (χ3n) is 4.03. The first-order valence-corrected chi connectivity index (χ1v) is 8.60. The minimum absolute atomic E-state index is 0.0684. The Kier molecular flexibility index (Phi) is 5.50. The van der Waals surface area contributed by atoms with Gasteiger partial charge in [-0.15, -0.1) is 0 Å². The van der Waals surface area contributed by atoms with Crippen LogP contribution in [0.2, 0.25) is 10.0 Å². The first kappa shape index (κ1) is 17.6. The Bertz CT molecular complexity index is 736. The van der Waals surface area contributed by atoms with Gasteiger partial charge < -0.3 is 19.5 Å². The molecule has 6 nitrogen and oxygen atoms in total. The van der Waals surface area contributed by atoms with E-state index >= 15 is 0 Å². The van der Waals surface area contributed by atoms with Crippen LogP contribution in [0.3, 0.4) is 0 Å². The number of piperazine rings is 1. The number of benzene rings is 1. The zero-order chi connectivity index (χ0) is 17.8. The summed E-state index contributed by atoms with van der Waals surface area (Å²) in [6, 6.07) is 8.47. The second-order valence-corrected chi connectivity index (χ2v) is 6.41. The van der Waals surface area contributed by atoms with Crippen molar-refractivity contribution >= 4 is 40.7 Å². The van der Waals surface area contributed by atoms with Crippen LogP contribution in [0.1, 0.15) is 10.6 Å². The Morgan fingerprint density at radius 2 is 1.64 bits per heavy atom. The molecular weight excluding hydrogens is 365 g/mol. The van der Waals surface area contributed by atoms with Crippen LogP contribution < -0.4 is 5.32 Å². The fourth-order valence-electron chi connectivity index (χ4n) is 2.66. The predicted octanol–water partition coefficient (Wildman–Crippen LogP) is 2.98. The van der Waals surface area contributed by atoms with Gasteiger partial charge in [-0.3, -0.25) is 9.59 Å². The average Bonchev–Trinajstić information content (AvgIpc) is 3.15. The summed E-state index contributed by atoms with van der Waals surface area (Å²) >= 11 is 12.2. The lowest BCUT2D eigenvalue weighted by Crippen LogP contribution is -2.51. The molecule has 0 unspecified atom stereocenters. The topological polar surface area (TPSA) is 65.8 Å². The van der Waals surface area contributed by atoms with Crippen LogP contribution in [-0.4, -0.2) is 54.3 Å². The predicted molar refractivity (Wildman–Crippen MR) is 96.1 cm³/mol. The summed E-state index contributed by atoms with van der Waals surface area (Å²) in [5.41, 5.74) is 0.547. The molecule has 1 fully saturated rings. The van der Waals surface area contributed by atoms with Crippen LogP contribution in [0.5, 0.6) is 0 Å². The van der Waals surface area contributed by atoms with Gasteiger partial charge in [0, 0.05) is 26.2 Å². The van der Waals surface area contributed by atoms with Crippen LogP contribution >= 0.6 is 23.2 Å². The molecule has 1 aromatic carbocycles. The molecule has 1 aliphatic heterocycles. The number of carbonyl (C=O) groups is 2. The molecule has 8 heteroatoms. The monoisotopic (exact) mass is 381 g/mol. The highest BCUT2D eigenvalue weighted by atomic mass is 35.5. The summed E-state index contributed by atoms with van der Waals surface area (Å²) in [5, 5.41) is 3.92. The zero-order valence-electron chi connectivity index (χ0n) is 13.4. The number of amides is 2. The highest BCUT2D eigenvalue weighted by Gasteiger charge is 2.26. The Balaban J connectivity index is 1.51. The van der Waals surface area contributed by atoms with Crippen molar-refractivity contribution in [1.29, 1.82) is 0 Å². The summed E-state index contributed by atoms with van der Waals surface area (Å²) in [4.78, 5) is 28.0. The van der Waals surface area contributed by atoms with Gasteiger partial charge >= 0.3 is 0 Å². The molecule has 0 radical (unpaired) electrons. The first-order chi connectivity index (χ1) is 12.1.